The number of hydrogen-bond acceptors (Lipinski definition) is 4. The van der Waals surface area contributed by atoms with Crippen molar-refractivity contribution in [2.24, 2.45) is 0 Å². The number of benzene rings is 2. The van der Waals surface area contributed by atoms with E-state index in [4.69, 9.17) is 5.11 Å². The Labute approximate surface area is 166 Å². The maximum atomic E-state index is 12.6. The highest BCUT2D eigenvalue weighted by Crippen LogP contribution is 2.17. The van der Waals surface area contributed by atoms with Crippen molar-refractivity contribution in [2.75, 3.05) is 0 Å². The Hall–Kier alpha value is -4.00. The molecule has 0 aliphatic carbocycles. The van der Waals surface area contributed by atoms with Crippen molar-refractivity contribution in [3.8, 4) is 5.82 Å². The molecule has 0 bridgehead atoms. The second-order valence-electron chi connectivity index (χ2n) is 6.60. The van der Waals surface area contributed by atoms with E-state index < -0.39 is 5.97 Å². The van der Waals surface area contributed by atoms with Crippen molar-refractivity contribution < 1.29 is 14.7 Å². The fourth-order valence-electron chi connectivity index (χ4n) is 3.08. The number of para-hydroxylation sites is 1. The molecule has 2 heterocycles. The van der Waals surface area contributed by atoms with Crippen LogP contribution in [0.3, 0.4) is 0 Å². The van der Waals surface area contributed by atoms with Gasteiger partial charge in [-0.15, -0.1) is 0 Å². The number of aromatic nitrogens is 3. The molecule has 2 N–H and O–H groups in total. The normalized spacial score (nSPS) is 10.8. The van der Waals surface area contributed by atoms with Crippen LogP contribution in [0.2, 0.25) is 0 Å². The minimum absolute atomic E-state index is 0.208. The smallest absolute Gasteiger partial charge is 0.335 e. The van der Waals surface area contributed by atoms with Crippen molar-refractivity contribution in [1.82, 2.24) is 20.1 Å². The lowest BCUT2D eigenvalue weighted by Crippen LogP contribution is -2.23. The molecule has 2 aromatic heterocycles. The first-order valence-corrected chi connectivity index (χ1v) is 9.04. The summed E-state index contributed by atoms with van der Waals surface area (Å²) in [5, 5.41) is 17.1. The molecule has 1 amide bonds. The third-order valence-electron chi connectivity index (χ3n) is 4.71. The Morgan fingerprint density at radius 2 is 1.79 bits per heavy atom. The quantitative estimate of drug-likeness (QED) is 0.548. The molecule has 7 nitrogen and oxygen atoms in total. The predicted octanol–water partition coefficient (Wildman–Crippen LogP) is 3.36. The highest BCUT2D eigenvalue weighted by molar-refractivity contribution is 5.95. The van der Waals surface area contributed by atoms with Crippen molar-refractivity contribution in [2.45, 2.75) is 13.5 Å². The summed E-state index contributed by atoms with van der Waals surface area (Å²) in [6, 6.07) is 18.0. The molecule has 0 aliphatic heterocycles. The summed E-state index contributed by atoms with van der Waals surface area (Å²) in [5.41, 5.74) is 3.02. The zero-order chi connectivity index (χ0) is 20.4. The molecule has 0 atom stereocenters. The summed E-state index contributed by atoms with van der Waals surface area (Å²) in [7, 11) is 0. The second-order valence-corrected chi connectivity index (χ2v) is 6.60. The first kappa shape index (κ1) is 18.4. The van der Waals surface area contributed by atoms with Gasteiger partial charge in [-0.05, 0) is 42.8 Å². The summed E-state index contributed by atoms with van der Waals surface area (Å²) in [5.74, 6) is -0.590. The maximum Gasteiger partial charge on any atom is 0.335 e. The van der Waals surface area contributed by atoms with Crippen LogP contribution in [-0.2, 0) is 6.54 Å². The number of aromatic carboxylic acids is 1. The number of carboxylic acids is 1. The Bertz CT molecular complexity index is 1210. The van der Waals surface area contributed by atoms with E-state index in [1.165, 1.54) is 18.3 Å². The number of fused-ring (bicyclic) bond motifs is 1. The number of nitrogens with one attached hydrogen (secondary N) is 1. The maximum absolute atomic E-state index is 12.6. The van der Waals surface area contributed by atoms with E-state index in [0.717, 1.165) is 16.5 Å². The SMILES string of the molecule is Cc1c(C(=O)NCc2ccc(C(=O)O)cc2)cnn1-c1ccc2ccccc2n1. The summed E-state index contributed by atoms with van der Waals surface area (Å²) >= 11 is 0. The molecular weight excluding hydrogens is 368 g/mol. The van der Waals surface area contributed by atoms with Gasteiger partial charge < -0.3 is 10.4 Å². The zero-order valence-electron chi connectivity index (χ0n) is 15.7. The summed E-state index contributed by atoms with van der Waals surface area (Å²) in [6.45, 7) is 2.11. The van der Waals surface area contributed by atoms with Crippen molar-refractivity contribution in [1.29, 1.82) is 0 Å². The van der Waals surface area contributed by atoms with Crippen LogP contribution in [0.25, 0.3) is 16.7 Å². The lowest BCUT2D eigenvalue weighted by molar-refractivity contribution is 0.0696. The molecule has 0 radical (unpaired) electrons. The Balaban J connectivity index is 1.51. The van der Waals surface area contributed by atoms with E-state index in [0.29, 0.717) is 17.1 Å². The van der Waals surface area contributed by atoms with Crippen LogP contribution in [0, 0.1) is 6.92 Å². The number of carboxylic acid groups (broad SMARTS) is 1. The van der Waals surface area contributed by atoms with Gasteiger partial charge in [-0.25, -0.2) is 14.5 Å². The van der Waals surface area contributed by atoms with Crippen LogP contribution in [0.4, 0.5) is 0 Å². The average Bonchev–Trinajstić information content (AvgIpc) is 3.13. The average molecular weight is 386 g/mol. The van der Waals surface area contributed by atoms with Crippen LogP contribution >= 0.6 is 0 Å². The monoisotopic (exact) mass is 386 g/mol. The van der Waals surface area contributed by atoms with E-state index in [1.54, 1.807) is 16.8 Å². The van der Waals surface area contributed by atoms with Gasteiger partial charge in [0.05, 0.1) is 28.5 Å². The van der Waals surface area contributed by atoms with E-state index in [9.17, 15) is 9.59 Å². The van der Waals surface area contributed by atoms with Gasteiger partial charge in [0.2, 0.25) is 0 Å². The van der Waals surface area contributed by atoms with Crippen molar-refractivity contribution in [3.63, 3.8) is 0 Å². The third-order valence-corrected chi connectivity index (χ3v) is 4.71. The van der Waals surface area contributed by atoms with E-state index >= 15 is 0 Å². The highest BCUT2D eigenvalue weighted by atomic mass is 16.4. The molecule has 7 heteroatoms. The lowest BCUT2D eigenvalue weighted by Gasteiger charge is -2.07. The number of rotatable bonds is 5. The van der Waals surface area contributed by atoms with Gasteiger partial charge in [0.25, 0.3) is 5.91 Å². The zero-order valence-corrected chi connectivity index (χ0v) is 15.7. The summed E-state index contributed by atoms with van der Waals surface area (Å²) in [6.07, 6.45) is 1.52. The fraction of sp³-hybridized carbons (Fsp3) is 0.0909. The molecule has 0 saturated heterocycles. The molecule has 4 rings (SSSR count). The van der Waals surface area contributed by atoms with E-state index in [-0.39, 0.29) is 18.0 Å². The van der Waals surface area contributed by atoms with Gasteiger partial charge in [0.1, 0.15) is 0 Å². The predicted molar refractivity (Wildman–Crippen MR) is 108 cm³/mol. The van der Waals surface area contributed by atoms with Crippen LogP contribution in [0.5, 0.6) is 0 Å². The third kappa shape index (κ3) is 3.70. The first-order chi connectivity index (χ1) is 14.0. The van der Waals surface area contributed by atoms with Crippen LogP contribution in [-0.4, -0.2) is 31.7 Å². The first-order valence-electron chi connectivity index (χ1n) is 9.04. The molecule has 144 valence electrons. The molecule has 0 aliphatic rings. The highest BCUT2D eigenvalue weighted by Gasteiger charge is 2.16. The lowest BCUT2D eigenvalue weighted by atomic mass is 10.1. The van der Waals surface area contributed by atoms with Gasteiger partial charge in [-0.3, -0.25) is 4.79 Å². The van der Waals surface area contributed by atoms with Crippen LogP contribution < -0.4 is 5.32 Å². The minimum atomic E-state index is -0.981. The Morgan fingerprint density at radius 3 is 2.55 bits per heavy atom. The fourth-order valence-corrected chi connectivity index (χ4v) is 3.08. The van der Waals surface area contributed by atoms with E-state index in [2.05, 4.69) is 15.4 Å². The molecule has 0 spiro atoms. The number of hydrogen-bond donors (Lipinski definition) is 2. The Kier molecular flexibility index (Phi) is 4.78. The summed E-state index contributed by atoms with van der Waals surface area (Å²) < 4.78 is 1.64. The number of carbonyl (C=O) groups excluding carboxylic acids is 1. The number of carbonyl (C=O) groups is 2. The second kappa shape index (κ2) is 7.55. The van der Waals surface area contributed by atoms with Crippen molar-refractivity contribution in [3.05, 3.63) is 89.2 Å². The molecule has 0 unspecified atom stereocenters. The van der Waals surface area contributed by atoms with Gasteiger partial charge in [0, 0.05) is 11.9 Å². The van der Waals surface area contributed by atoms with E-state index in [1.807, 2.05) is 43.3 Å². The molecule has 29 heavy (non-hydrogen) atoms. The molecule has 0 saturated carbocycles. The summed E-state index contributed by atoms with van der Waals surface area (Å²) in [4.78, 5) is 28.1. The van der Waals surface area contributed by atoms with Crippen LogP contribution in [0.15, 0.2) is 66.9 Å². The number of nitrogens with zero attached hydrogens (tertiary/aromatic N) is 3. The Morgan fingerprint density at radius 1 is 1.03 bits per heavy atom. The van der Waals surface area contributed by atoms with Crippen LogP contribution in [0.1, 0.15) is 32.0 Å². The van der Waals surface area contributed by atoms with Gasteiger partial charge >= 0.3 is 5.97 Å². The topological polar surface area (TPSA) is 97.1 Å². The van der Waals surface area contributed by atoms with Crippen molar-refractivity contribution >= 4 is 22.8 Å². The van der Waals surface area contributed by atoms with Gasteiger partial charge in [0.15, 0.2) is 5.82 Å². The number of amides is 1. The van der Waals surface area contributed by atoms with Gasteiger partial charge in [-0.1, -0.05) is 30.3 Å². The largest absolute Gasteiger partial charge is 0.478 e. The molecule has 0 fully saturated rings. The minimum Gasteiger partial charge on any atom is -0.478 e. The standard InChI is InChI=1S/C22H18N4O3/c1-14-18(21(27)23-12-15-6-8-17(9-7-15)22(28)29)13-24-26(14)20-11-10-16-4-2-3-5-19(16)25-20/h2-11,13H,12H2,1H3,(H,23,27)(H,28,29). The molecule has 2 aromatic carbocycles. The molecule has 4 aromatic rings. The number of pyridine rings is 1. The van der Waals surface area contributed by atoms with Gasteiger partial charge in [-0.2, -0.15) is 5.10 Å². The molecular formula is C22H18N4O3.